The second-order valence-corrected chi connectivity index (χ2v) is 4.64. The molecule has 1 aromatic rings. The van der Waals surface area contributed by atoms with E-state index in [9.17, 15) is 0 Å². The van der Waals surface area contributed by atoms with Gasteiger partial charge in [0.15, 0.2) is 5.84 Å². The van der Waals surface area contributed by atoms with Crippen molar-refractivity contribution in [1.82, 2.24) is 0 Å². The van der Waals surface area contributed by atoms with Gasteiger partial charge in [0.25, 0.3) is 0 Å². The van der Waals surface area contributed by atoms with Gasteiger partial charge >= 0.3 is 0 Å². The van der Waals surface area contributed by atoms with Gasteiger partial charge in [-0.15, -0.1) is 0 Å². The van der Waals surface area contributed by atoms with Crippen LogP contribution in [0.5, 0.6) is 5.75 Å². The number of ether oxygens (including phenoxy) is 1. The van der Waals surface area contributed by atoms with Crippen LogP contribution in [-0.2, 0) is 0 Å². The molecule has 0 bridgehead atoms. The van der Waals surface area contributed by atoms with Crippen LogP contribution in [0.2, 0.25) is 5.02 Å². The van der Waals surface area contributed by atoms with Crippen LogP contribution in [0.1, 0.15) is 24.8 Å². The quantitative estimate of drug-likeness (QED) is 0.367. The molecule has 5 heteroatoms. The van der Waals surface area contributed by atoms with Crippen molar-refractivity contribution >= 4 is 17.4 Å². The van der Waals surface area contributed by atoms with Crippen LogP contribution in [0, 0.1) is 5.92 Å². The molecule has 1 aliphatic carbocycles. The highest BCUT2D eigenvalue weighted by molar-refractivity contribution is 6.31. The van der Waals surface area contributed by atoms with E-state index in [0.717, 1.165) is 12.3 Å². The molecule has 2 rings (SSSR count). The van der Waals surface area contributed by atoms with E-state index in [0.29, 0.717) is 22.9 Å². The third-order valence-corrected chi connectivity index (χ3v) is 3.04. The van der Waals surface area contributed by atoms with Crippen molar-refractivity contribution in [3.63, 3.8) is 0 Å². The molecule has 0 saturated heterocycles. The molecule has 4 nitrogen and oxygen atoms in total. The summed E-state index contributed by atoms with van der Waals surface area (Å²) >= 11 is 5.86. The number of halogens is 1. The lowest BCUT2D eigenvalue weighted by atomic mass is 10.2. The predicted molar refractivity (Wildman–Crippen MR) is 66.8 cm³/mol. The van der Waals surface area contributed by atoms with Crippen molar-refractivity contribution in [2.24, 2.45) is 16.8 Å². The van der Waals surface area contributed by atoms with Gasteiger partial charge in [-0.25, -0.2) is 0 Å². The van der Waals surface area contributed by atoms with E-state index in [1.165, 1.54) is 12.8 Å². The molecule has 0 aromatic heterocycles. The van der Waals surface area contributed by atoms with Crippen molar-refractivity contribution in [3.05, 3.63) is 28.8 Å². The molecule has 0 spiro atoms. The minimum absolute atomic E-state index is 0.00826. The molecule has 17 heavy (non-hydrogen) atoms. The second kappa shape index (κ2) is 5.27. The Morgan fingerprint density at radius 2 is 2.29 bits per heavy atom. The normalized spacial score (nSPS) is 15.9. The summed E-state index contributed by atoms with van der Waals surface area (Å²) in [5, 5.41) is 12.2. The number of rotatable bonds is 5. The fourth-order valence-electron chi connectivity index (χ4n) is 1.62. The van der Waals surface area contributed by atoms with Gasteiger partial charge in [-0.05, 0) is 30.5 Å². The summed E-state index contributed by atoms with van der Waals surface area (Å²) in [5.41, 5.74) is 6.09. The number of oxime groups is 1. The maximum atomic E-state index is 8.69. The summed E-state index contributed by atoms with van der Waals surface area (Å²) in [6.07, 6.45) is 3.66. The van der Waals surface area contributed by atoms with Crippen molar-refractivity contribution in [1.29, 1.82) is 0 Å². The maximum absolute atomic E-state index is 8.69. The second-order valence-electron chi connectivity index (χ2n) is 4.21. The fourth-order valence-corrected chi connectivity index (χ4v) is 1.80. The Morgan fingerprint density at radius 1 is 1.53 bits per heavy atom. The summed E-state index contributed by atoms with van der Waals surface area (Å²) in [7, 11) is 0. The molecule has 1 fully saturated rings. The van der Waals surface area contributed by atoms with Gasteiger partial charge in [-0.1, -0.05) is 29.6 Å². The molecule has 0 radical (unpaired) electrons. The van der Waals surface area contributed by atoms with Crippen molar-refractivity contribution in [2.45, 2.75) is 19.3 Å². The predicted octanol–water partition coefficient (Wildman–Crippen LogP) is 2.61. The molecule has 92 valence electrons. The van der Waals surface area contributed by atoms with Gasteiger partial charge in [-0.3, -0.25) is 0 Å². The van der Waals surface area contributed by atoms with E-state index >= 15 is 0 Å². The molecule has 0 heterocycles. The lowest BCUT2D eigenvalue weighted by Crippen LogP contribution is -2.15. The van der Waals surface area contributed by atoms with Gasteiger partial charge in [0, 0.05) is 5.02 Å². The SMILES string of the molecule is N/C(=N/O)c1cc(Cl)ccc1OCCC1CC1. The zero-order valence-corrected chi connectivity index (χ0v) is 10.2. The smallest absolute Gasteiger partial charge is 0.173 e. The fraction of sp³-hybridized carbons (Fsp3) is 0.417. The number of nitrogens with zero attached hydrogens (tertiary/aromatic N) is 1. The molecule has 0 amide bonds. The first-order chi connectivity index (χ1) is 8.20. The van der Waals surface area contributed by atoms with Crippen molar-refractivity contribution < 1.29 is 9.94 Å². The minimum atomic E-state index is 0.00826. The maximum Gasteiger partial charge on any atom is 0.173 e. The van der Waals surface area contributed by atoms with Crippen LogP contribution in [0.3, 0.4) is 0 Å². The molecule has 0 atom stereocenters. The molecule has 0 aliphatic heterocycles. The number of hydrogen-bond acceptors (Lipinski definition) is 3. The topological polar surface area (TPSA) is 67.8 Å². The summed E-state index contributed by atoms with van der Waals surface area (Å²) in [6, 6.07) is 5.09. The summed E-state index contributed by atoms with van der Waals surface area (Å²) in [5.74, 6) is 1.42. The van der Waals surface area contributed by atoms with Crippen LogP contribution in [0.15, 0.2) is 23.4 Å². The Hall–Kier alpha value is -1.42. The zero-order valence-electron chi connectivity index (χ0n) is 9.40. The summed E-state index contributed by atoms with van der Waals surface area (Å²) < 4.78 is 5.64. The molecule has 1 aliphatic rings. The van der Waals surface area contributed by atoms with Crippen molar-refractivity contribution in [3.8, 4) is 5.75 Å². The van der Waals surface area contributed by atoms with Crippen LogP contribution in [-0.4, -0.2) is 17.6 Å². The van der Waals surface area contributed by atoms with E-state index in [-0.39, 0.29) is 5.84 Å². The molecule has 1 saturated carbocycles. The van der Waals surface area contributed by atoms with Crippen LogP contribution in [0.4, 0.5) is 0 Å². The van der Waals surface area contributed by atoms with Gasteiger partial charge in [0.2, 0.25) is 0 Å². The highest BCUT2D eigenvalue weighted by Crippen LogP contribution is 2.32. The Labute approximate surface area is 105 Å². The van der Waals surface area contributed by atoms with Gasteiger partial charge in [-0.2, -0.15) is 0 Å². The molecule has 0 unspecified atom stereocenters. The molecule has 3 N–H and O–H groups in total. The van der Waals surface area contributed by atoms with E-state index < -0.39 is 0 Å². The highest BCUT2D eigenvalue weighted by Gasteiger charge is 2.21. The minimum Gasteiger partial charge on any atom is -0.493 e. The molecular formula is C12H15ClN2O2. The van der Waals surface area contributed by atoms with Gasteiger partial charge in [0.05, 0.1) is 12.2 Å². The third-order valence-electron chi connectivity index (χ3n) is 2.81. The number of nitrogens with two attached hydrogens (primary N) is 1. The van der Waals surface area contributed by atoms with E-state index in [1.807, 2.05) is 0 Å². The Morgan fingerprint density at radius 3 is 2.94 bits per heavy atom. The standard InChI is InChI=1S/C12H15ClN2O2/c13-9-3-4-11(10(7-9)12(14)15-16)17-6-5-8-1-2-8/h3-4,7-8,16H,1-2,5-6H2,(H2,14,15). The van der Waals surface area contributed by atoms with E-state index in [2.05, 4.69) is 5.16 Å². The van der Waals surface area contributed by atoms with E-state index in [4.69, 9.17) is 27.3 Å². The molecular weight excluding hydrogens is 240 g/mol. The van der Waals surface area contributed by atoms with Crippen LogP contribution >= 0.6 is 11.6 Å². The lowest BCUT2D eigenvalue weighted by Gasteiger charge is -2.10. The summed E-state index contributed by atoms with van der Waals surface area (Å²) in [6.45, 7) is 0.651. The average molecular weight is 255 g/mol. The number of hydrogen-bond donors (Lipinski definition) is 2. The largest absolute Gasteiger partial charge is 0.493 e. The Kier molecular flexibility index (Phi) is 3.74. The lowest BCUT2D eigenvalue weighted by molar-refractivity contribution is 0.300. The first-order valence-corrected chi connectivity index (χ1v) is 5.98. The van der Waals surface area contributed by atoms with E-state index in [1.54, 1.807) is 18.2 Å². The van der Waals surface area contributed by atoms with Gasteiger partial charge < -0.3 is 15.7 Å². The van der Waals surface area contributed by atoms with Gasteiger partial charge in [0.1, 0.15) is 5.75 Å². The molecule has 1 aromatic carbocycles. The Bertz CT molecular complexity index is 431. The van der Waals surface area contributed by atoms with Crippen LogP contribution in [0.25, 0.3) is 0 Å². The highest BCUT2D eigenvalue weighted by atomic mass is 35.5. The zero-order chi connectivity index (χ0) is 12.3. The monoisotopic (exact) mass is 254 g/mol. The number of benzene rings is 1. The average Bonchev–Trinajstić information content (AvgIpc) is 3.14. The summed E-state index contributed by atoms with van der Waals surface area (Å²) in [4.78, 5) is 0. The first-order valence-electron chi connectivity index (χ1n) is 5.61. The first kappa shape index (κ1) is 12.0. The van der Waals surface area contributed by atoms with Crippen LogP contribution < -0.4 is 10.5 Å². The van der Waals surface area contributed by atoms with Crippen molar-refractivity contribution in [2.75, 3.05) is 6.61 Å². The number of amidine groups is 1. The Balaban J connectivity index is 2.07. The third kappa shape index (κ3) is 3.27.